The van der Waals surface area contributed by atoms with Gasteiger partial charge in [-0.15, -0.1) is 0 Å². The van der Waals surface area contributed by atoms with Gasteiger partial charge in [-0.05, 0) is 89.6 Å². The van der Waals surface area contributed by atoms with Crippen LogP contribution in [-0.2, 0) is 0 Å². The number of fused-ring (bicyclic) bond motifs is 4. The second-order valence-corrected chi connectivity index (χ2v) is 13.3. The zero-order chi connectivity index (χ0) is 34.4. The fourth-order valence-electron chi connectivity index (χ4n) is 7.40. The molecule has 1 aromatic heterocycles. The first-order valence-electron chi connectivity index (χ1n) is 17.6. The molecule has 0 unspecified atom stereocenters. The molecule has 0 atom stereocenters. The van der Waals surface area contributed by atoms with E-state index in [0.717, 1.165) is 38.2 Å². The van der Waals surface area contributed by atoms with Crippen molar-refractivity contribution in [1.29, 1.82) is 0 Å². The van der Waals surface area contributed by atoms with E-state index in [1.807, 2.05) is 0 Å². The van der Waals surface area contributed by atoms with Crippen LogP contribution < -0.4 is 0 Å². The molecule has 242 valence electrons. The SMILES string of the molecule is c1ccc(-c2cccc3c(-c4ccc5cc(-c6nc(-c7ccc8ccccc8c7)nc(-c7ccc8ccccc8c7)n6)ccc5c4)cccc23)cc1. The smallest absolute Gasteiger partial charge is 0.164 e. The Bertz CT molecular complexity index is 2870. The van der Waals surface area contributed by atoms with Gasteiger partial charge in [-0.25, -0.2) is 15.0 Å². The highest BCUT2D eigenvalue weighted by Crippen LogP contribution is 2.37. The second-order valence-electron chi connectivity index (χ2n) is 13.3. The summed E-state index contributed by atoms with van der Waals surface area (Å²) in [6.07, 6.45) is 0. The molecule has 0 N–H and O–H groups in total. The molecule has 0 radical (unpaired) electrons. The minimum absolute atomic E-state index is 0.648. The van der Waals surface area contributed by atoms with Crippen LogP contribution in [0.5, 0.6) is 0 Å². The summed E-state index contributed by atoms with van der Waals surface area (Å²) in [7, 11) is 0. The fourth-order valence-corrected chi connectivity index (χ4v) is 7.40. The molecule has 0 spiro atoms. The zero-order valence-corrected chi connectivity index (χ0v) is 28.2. The lowest BCUT2D eigenvalue weighted by molar-refractivity contribution is 1.08. The molecule has 9 aromatic carbocycles. The number of benzene rings is 9. The van der Waals surface area contributed by atoms with Gasteiger partial charge in [-0.2, -0.15) is 0 Å². The van der Waals surface area contributed by atoms with E-state index < -0.39 is 0 Å². The van der Waals surface area contributed by atoms with E-state index >= 15 is 0 Å². The van der Waals surface area contributed by atoms with E-state index in [2.05, 4.69) is 188 Å². The van der Waals surface area contributed by atoms with Gasteiger partial charge in [0, 0.05) is 16.7 Å². The molecular formula is C49H31N3. The molecule has 0 saturated carbocycles. The summed E-state index contributed by atoms with van der Waals surface area (Å²) in [5.41, 5.74) is 7.74. The summed E-state index contributed by atoms with van der Waals surface area (Å²) in [6, 6.07) is 66.6. The molecule has 3 nitrogen and oxygen atoms in total. The van der Waals surface area contributed by atoms with Gasteiger partial charge in [-0.1, -0.05) is 164 Å². The molecule has 0 saturated heterocycles. The van der Waals surface area contributed by atoms with Gasteiger partial charge >= 0.3 is 0 Å². The monoisotopic (exact) mass is 661 g/mol. The predicted molar refractivity (Wildman–Crippen MR) is 217 cm³/mol. The Morgan fingerprint density at radius 3 is 1.10 bits per heavy atom. The van der Waals surface area contributed by atoms with Gasteiger partial charge in [-0.3, -0.25) is 0 Å². The van der Waals surface area contributed by atoms with Gasteiger partial charge < -0.3 is 0 Å². The highest BCUT2D eigenvalue weighted by molar-refractivity contribution is 6.05. The molecule has 52 heavy (non-hydrogen) atoms. The van der Waals surface area contributed by atoms with Crippen molar-refractivity contribution < 1.29 is 0 Å². The van der Waals surface area contributed by atoms with Crippen LogP contribution in [0.25, 0.3) is 99.5 Å². The van der Waals surface area contributed by atoms with E-state index in [4.69, 9.17) is 15.0 Å². The third-order valence-corrected chi connectivity index (χ3v) is 10.1. The van der Waals surface area contributed by atoms with Crippen LogP contribution in [0, 0.1) is 0 Å². The van der Waals surface area contributed by atoms with Crippen LogP contribution in [0.15, 0.2) is 188 Å². The summed E-state index contributed by atoms with van der Waals surface area (Å²) in [5, 5.41) is 9.46. The van der Waals surface area contributed by atoms with Crippen molar-refractivity contribution in [3.05, 3.63) is 188 Å². The molecule has 0 fully saturated rings. The highest BCUT2D eigenvalue weighted by atomic mass is 15.0. The quantitative estimate of drug-likeness (QED) is 0.184. The van der Waals surface area contributed by atoms with Crippen molar-refractivity contribution in [3.8, 4) is 56.4 Å². The first-order chi connectivity index (χ1) is 25.7. The fraction of sp³-hybridized carbons (Fsp3) is 0. The Labute approximate surface area is 301 Å². The van der Waals surface area contributed by atoms with Crippen molar-refractivity contribution in [3.63, 3.8) is 0 Å². The lowest BCUT2D eigenvalue weighted by Gasteiger charge is -2.13. The highest BCUT2D eigenvalue weighted by Gasteiger charge is 2.15. The van der Waals surface area contributed by atoms with E-state index in [1.165, 1.54) is 43.8 Å². The van der Waals surface area contributed by atoms with Crippen LogP contribution in [0.1, 0.15) is 0 Å². The summed E-state index contributed by atoms with van der Waals surface area (Å²) < 4.78 is 0. The topological polar surface area (TPSA) is 38.7 Å². The summed E-state index contributed by atoms with van der Waals surface area (Å²) in [5.74, 6) is 1.95. The molecule has 0 aliphatic carbocycles. The molecule has 0 amide bonds. The lowest BCUT2D eigenvalue weighted by atomic mass is 9.92. The Balaban J connectivity index is 1.08. The maximum absolute atomic E-state index is 5.09. The average Bonchev–Trinajstić information content (AvgIpc) is 3.22. The van der Waals surface area contributed by atoms with Crippen LogP contribution in [0.4, 0.5) is 0 Å². The van der Waals surface area contributed by atoms with Crippen molar-refractivity contribution in [2.75, 3.05) is 0 Å². The Kier molecular flexibility index (Phi) is 7.14. The number of nitrogens with zero attached hydrogens (tertiary/aromatic N) is 3. The van der Waals surface area contributed by atoms with E-state index in [0.29, 0.717) is 17.5 Å². The van der Waals surface area contributed by atoms with Gasteiger partial charge in [0.15, 0.2) is 17.5 Å². The largest absolute Gasteiger partial charge is 0.208 e. The van der Waals surface area contributed by atoms with Gasteiger partial charge in [0.05, 0.1) is 0 Å². The van der Waals surface area contributed by atoms with E-state index in [-0.39, 0.29) is 0 Å². The lowest BCUT2D eigenvalue weighted by Crippen LogP contribution is -2.00. The maximum atomic E-state index is 5.09. The Morgan fingerprint density at radius 1 is 0.231 bits per heavy atom. The third-order valence-electron chi connectivity index (χ3n) is 10.1. The number of rotatable bonds is 5. The summed E-state index contributed by atoms with van der Waals surface area (Å²) in [4.78, 5) is 15.2. The molecule has 1 heterocycles. The molecule has 0 aliphatic rings. The Hall–Kier alpha value is -6.97. The number of hydrogen-bond acceptors (Lipinski definition) is 3. The number of hydrogen-bond donors (Lipinski definition) is 0. The minimum atomic E-state index is 0.648. The first kappa shape index (κ1) is 29.9. The van der Waals surface area contributed by atoms with Crippen LogP contribution in [-0.4, -0.2) is 15.0 Å². The molecule has 3 heteroatoms. The van der Waals surface area contributed by atoms with Crippen molar-refractivity contribution in [2.45, 2.75) is 0 Å². The molecular weight excluding hydrogens is 631 g/mol. The van der Waals surface area contributed by atoms with E-state index in [1.54, 1.807) is 0 Å². The van der Waals surface area contributed by atoms with Crippen molar-refractivity contribution in [2.24, 2.45) is 0 Å². The van der Waals surface area contributed by atoms with Crippen molar-refractivity contribution in [1.82, 2.24) is 15.0 Å². The van der Waals surface area contributed by atoms with Crippen LogP contribution in [0.2, 0.25) is 0 Å². The van der Waals surface area contributed by atoms with Crippen LogP contribution in [0.3, 0.4) is 0 Å². The minimum Gasteiger partial charge on any atom is -0.208 e. The summed E-state index contributed by atoms with van der Waals surface area (Å²) >= 11 is 0. The van der Waals surface area contributed by atoms with E-state index in [9.17, 15) is 0 Å². The molecule has 10 rings (SSSR count). The molecule has 0 bridgehead atoms. The summed E-state index contributed by atoms with van der Waals surface area (Å²) in [6.45, 7) is 0. The zero-order valence-electron chi connectivity index (χ0n) is 28.2. The molecule has 10 aromatic rings. The van der Waals surface area contributed by atoms with Crippen molar-refractivity contribution >= 4 is 43.1 Å². The first-order valence-corrected chi connectivity index (χ1v) is 17.6. The van der Waals surface area contributed by atoms with Gasteiger partial charge in [0.25, 0.3) is 0 Å². The Morgan fingerprint density at radius 2 is 0.596 bits per heavy atom. The van der Waals surface area contributed by atoms with Gasteiger partial charge in [0.2, 0.25) is 0 Å². The van der Waals surface area contributed by atoms with Crippen LogP contribution >= 0.6 is 0 Å². The maximum Gasteiger partial charge on any atom is 0.164 e. The standard InChI is InChI=1S/C49H31N3/c1-2-12-34(13-3-1)43-16-8-19-46-44(17-9-18-45(43)46)39-24-22-38-31-42(27-23-37(38)28-39)49-51-47(40-25-20-32-10-4-6-14-35(32)29-40)50-48(52-49)41-26-21-33-11-5-7-15-36(33)30-41/h1-31H. The van der Waals surface area contributed by atoms with Gasteiger partial charge in [0.1, 0.15) is 0 Å². The number of aromatic nitrogens is 3. The predicted octanol–water partition coefficient (Wildman–Crippen LogP) is 12.8. The third kappa shape index (κ3) is 5.37. The molecule has 0 aliphatic heterocycles. The second kappa shape index (κ2) is 12.4. The average molecular weight is 662 g/mol. The normalized spacial score (nSPS) is 11.5.